The average molecular weight is 420 g/mol. The van der Waals surface area contributed by atoms with Crippen molar-refractivity contribution < 1.29 is 14.1 Å². The van der Waals surface area contributed by atoms with E-state index >= 15 is 0 Å². The fraction of sp³-hybridized carbons (Fsp3) is 0.100. The number of hydrogen-bond acceptors (Lipinski definition) is 8. The minimum atomic E-state index is -0.832. The van der Waals surface area contributed by atoms with Gasteiger partial charge >= 0.3 is 0 Å². The Morgan fingerprint density at radius 1 is 1.10 bits per heavy atom. The maximum absolute atomic E-state index is 13.3. The van der Waals surface area contributed by atoms with Gasteiger partial charge < -0.3 is 4.42 Å². The molecule has 1 unspecified atom stereocenters. The molecule has 3 heterocycles. The van der Waals surface area contributed by atoms with Crippen LogP contribution in [-0.2, 0) is 0 Å². The zero-order valence-electron chi connectivity index (χ0n) is 15.4. The van der Waals surface area contributed by atoms with Gasteiger partial charge in [-0.1, -0.05) is 23.5 Å². The number of nitrogens with zero attached hydrogens (tertiary/aromatic N) is 4. The number of hydrogen-bond donors (Lipinski definition) is 0. The highest BCUT2D eigenvalue weighted by molar-refractivity contribution is 7.15. The third-order valence-corrected chi connectivity index (χ3v) is 5.76. The molecule has 5 rings (SSSR count). The predicted octanol–water partition coefficient (Wildman–Crippen LogP) is 3.61. The van der Waals surface area contributed by atoms with E-state index in [4.69, 9.17) is 4.42 Å². The van der Waals surface area contributed by atoms with Crippen LogP contribution in [0.3, 0.4) is 0 Å². The highest BCUT2D eigenvalue weighted by Crippen LogP contribution is 2.42. The van der Waals surface area contributed by atoms with Crippen molar-refractivity contribution in [2.75, 3.05) is 4.90 Å². The molecule has 0 spiro atoms. The molecular weight excluding hydrogens is 408 g/mol. The Morgan fingerprint density at radius 2 is 1.83 bits per heavy atom. The first-order chi connectivity index (χ1) is 14.5. The number of nitro groups is 1. The zero-order valence-corrected chi connectivity index (χ0v) is 16.3. The van der Waals surface area contributed by atoms with Crippen molar-refractivity contribution in [2.45, 2.75) is 13.0 Å². The number of anilines is 1. The van der Waals surface area contributed by atoms with Crippen LogP contribution in [-0.4, -0.2) is 21.0 Å². The van der Waals surface area contributed by atoms with Crippen LogP contribution in [0.2, 0.25) is 0 Å². The van der Waals surface area contributed by atoms with Gasteiger partial charge in [0.05, 0.1) is 21.9 Å². The van der Waals surface area contributed by atoms with Gasteiger partial charge in [0, 0.05) is 12.1 Å². The number of aryl methyl sites for hydroxylation is 1. The molecule has 1 aliphatic rings. The van der Waals surface area contributed by atoms with Gasteiger partial charge in [0.15, 0.2) is 5.43 Å². The molecule has 0 fully saturated rings. The van der Waals surface area contributed by atoms with E-state index in [0.717, 1.165) is 0 Å². The maximum atomic E-state index is 13.3. The molecule has 0 N–H and O–H groups in total. The Morgan fingerprint density at radius 3 is 2.50 bits per heavy atom. The highest BCUT2D eigenvalue weighted by atomic mass is 32.1. The number of rotatable bonds is 3. The van der Waals surface area contributed by atoms with E-state index in [-0.39, 0.29) is 22.4 Å². The van der Waals surface area contributed by atoms with Gasteiger partial charge in [0.2, 0.25) is 10.9 Å². The summed E-state index contributed by atoms with van der Waals surface area (Å²) >= 11 is 1.21. The molecule has 1 amide bonds. The average Bonchev–Trinajstić information content (AvgIpc) is 3.29. The van der Waals surface area contributed by atoms with Crippen LogP contribution in [0.25, 0.3) is 11.0 Å². The van der Waals surface area contributed by atoms with Crippen molar-refractivity contribution in [3.63, 3.8) is 0 Å². The van der Waals surface area contributed by atoms with Crippen molar-refractivity contribution in [1.82, 2.24) is 10.2 Å². The Hall–Kier alpha value is -3.92. The summed E-state index contributed by atoms with van der Waals surface area (Å²) in [4.78, 5) is 38.5. The van der Waals surface area contributed by atoms with Crippen molar-refractivity contribution in [2.24, 2.45) is 0 Å². The molecular formula is C20H12N4O5S. The fourth-order valence-electron chi connectivity index (χ4n) is 3.59. The molecule has 9 nitrogen and oxygen atoms in total. The number of non-ortho nitro benzene ring substituents is 1. The van der Waals surface area contributed by atoms with Crippen LogP contribution in [0.5, 0.6) is 0 Å². The lowest BCUT2D eigenvalue weighted by Gasteiger charge is -2.21. The van der Waals surface area contributed by atoms with Gasteiger partial charge in [-0.15, -0.1) is 10.2 Å². The van der Waals surface area contributed by atoms with Crippen LogP contribution >= 0.6 is 11.3 Å². The van der Waals surface area contributed by atoms with Crippen LogP contribution in [0.15, 0.2) is 57.7 Å². The predicted molar refractivity (Wildman–Crippen MR) is 109 cm³/mol. The largest absolute Gasteiger partial charge is 0.450 e. The van der Waals surface area contributed by atoms with E-state index in [2.05, 4.69) is 10.2 Å². The normalized spacial score (nSPS) is 15.6. The summed E-state index contributed by atoms with van der Waals surface area (Å²) in [6.07, 6.45) is 0. The van der Waals surface area contributed by atoms with Crippen molar-refractivity contribution in [3.05, 3.63) is 90.8 Å². The van der Waals surface area contributed by atoms with E-state index in [0.29, 0.717) is 26.7 Å². The van der Waals surface area contributed by atoms with Gasteiger partial charge in [-0.05, 0) is 36.8 Å². The number of para-hydroxylation sites is 1. The monoisotopic (exact) mass is 420 g/mol. The number of aromatic nitrogens is 2. The fourth-order valence-corrected chi connectivity index (χ4v) is 4.31. The summed E-state index contributed by atoms with van der Waals surface area (Å²) in [6.45, 7) is 1.76. The lowest BCUT2D eigenvalue weighted by Crippen LogP contribution is -2.29. The second-order valence-corrected chi connectivity index (χ2v) is 7.86. The summed E-state index contributed by atoms with van der Waals surface area (Å²) in [5.41, 5.74) is 0.607. The van der Waals surface area contributed by atoms with Gasteiger partial charge in [0.25, 0.3) is 11.6 Å². The molecule has 30 heavy (non-hydrogen) atoms. The first kappa shape index (κ1) is 18.1. The van der Waals surface area contributed by atoms with Crippen LogP contribution in [0, 0.1) is 17.0 Å². The summed E-state index contributed by atoms with van der Waals surface area (Å²) in [7, 11) is 0. The molecule has 1 atom stereocenters. The summed E-state index contributed by atoms with van der Waals surface area (Å²) < 4.78 is 5.83. The molecule has 0 saturated carbocycles. The SMILES string of the molecule is Cc1nnc(N2C(=O)c3oc4ccccc4c(=O)c3C2c2ccc([N+](=O)[O-])cc2)s1. The molecule has 2 aromatic carbocycles. The lowest BCUT2D eigenvalue weighted by molar-refractivity contribution is -0.384. The highest BCUT2D eigenvalue weighted by Gasteiger charge is 2.45. The minimum Gasteiger partial charge on any atom is -0.450 e. The van der Waals surface area contributed by atoms with E-state index in [1.54, 1.807) is 31.2 Å². The van der Waals surface area contributed by atoms with E-state index in [1.807, 2.05) is 0 Å². The number of amides is 1. The van der Waals surface area contributed by atoms with Crippen LogP contribution in [0.4, 0.5) is 10.8 Å². The van der Waals surface area contributed by atoms with Gasteiger partial charge in [-0.25, -0.2) is 0 Å². The third-order valence-electron chi connectivity index (χ3n) is 4.92. The number of carbonyl (C=O) groups is 1. The zero-order chi connectivity index (χ0) is 21.0. The van der Waals surface area contributed by atoms with Crippen molar-refractivity contribution >= 4 is 39.0 Å². The maximum Gasteiger partial charge on any atom is 0.297 e. The number of carbonyl (C=O) groups excluding carboxylic acids is 1. The number of fused-ring (bicyclic) bond motifs is 2. The third kappa shape index (κ3) is 2.61. The summed E-state index contributed by atoms with van der Waals surface area (Å²) in [5, 5.41) is 20.4. The molecule has 2 aromatic heterocycles. The summed E-state index contributed by atoms with van der Waals surface area (Å²) in [6, 6.07) is 11.6. The number of nitro benzene ring substituents is 1. The lowest BCUT2D eigenvalue weighted by atomic mass is 9.98. The van der Waals surface area contributed by atoms with Gasteiger partial charge in [-0.3, -0.25) is 24.6 Å². The second-order valence-electron chi connectivity index (χ2n) is 6.70. The molecule has 0 saturated heterocycles. The van der Waals surface area contributed by atoms with Gasteiger partial charge in [-0.2, -0.15) is 0 Å². The Labute approximate surface area is 172 Å². The Kier molecular flexibility index (Phi) is 3.97. The summed E-state index contributed by atoms with van der Waals surface area (Å²) in [5.74, 6) is -0.567. The first-order valence-electron chi connectivity index (χ1n) is 8.89. The number of benzene rings is 2. The van der Waals surface area contributed by atoms with Crippen LogP contribution < -0.4 is 10.3 Å². The Balaban J connectivity index is 1.78. The van der Waals surface area contributed by atoms with E-state index in [9.17, 15) is 19.7 Å². The van der Waals surface area contributed by atoms with E-state index in [1.165, 1.54) is 40.5 Å². The Bertz CT molecular complexity index is 1390. The van der Waals surface area contributed by atoms with Crippen molar-refractivity contribution in [1.29, 1.82) is 0 Å². The molecule has 4 aromatic rings. The first-order valence-corrected chi connectivity index (χ1v) is 9.71. The quantitative estimate of drug-likeness (QED) is 0.367. The molecule has 0 aliphatic carbocycles. The van der Waals surface area contributed by atoms with Crippen molar-refractivity contribution in [3.8, 4) is 0 Å². The molecule has 1 aliphatic heterocycles. The molecule has 10 heteroatoms. The van der Waals surface area contributed by atoms with E-state index < -0.39 is 16.9 Å². The molecule has 0 radical (unpaired) electrons. The second kappa shape index (κ2) is 6.56. The standard InChI is InChI=1S/C20H12N4O5S/c1-10-21-22-20(30-10)23-16(11-6-8-12(9-7-11)24(27)28)15-17(25)13-4-2-3-5-14(13)29-18(15)19(23)26/h2-9,16H,1H3. The topological polar surface area (TPSA) is 119 Å². The smallest absolute Gasteiger partial charge is 0.297 e. The van der Waals surface area contributed by atoms with Crippen LogP contribution in [0.1, 0.15) is 32.7 Å². The minimum absolute atomic E-state index is 0.0603. The van der Waals surface area contributed by atoms with Gasteiger partial charge in [0.1, 0.15) is 10.6 Å². The molecule has 0 bridgehead atoms. The molecule has 148 valence electrons.